The van der Waals surface area contributed by atoms with Crippen LogP contribution in [-0.2, 0) is 24.0 Å². The molecule has 0 saturated carbocycles. The quantitative estimate of drug-likeness (QED) is 0.183. The van der Waals surface area contributed by atoms with Gasteiger partial charge in [-0.25, -0.2) is 0 Å². The van der Waals surface area contributed by atoms with E-state index in [0.29, 0.717) is 13.1 Å². The molecule has 0 aliphatic heterocycles. The van der Waals surface area contributed by atoms with Crippen LogP contribution in [0.5, 0.6) is 0 Å². The van der Waals surface area contributed by atoms with Gasteiger partial charge in [0.25, 0.3) is 17.9 Å². The Kier molecular flexibility index (Phi) is 73.0. The fraction of sp³-hybridized carbons (Fsp3) is 0.643. The molecule has 14 heteroatoms. The molecule has 1 radical (unpaired) electrons. The van der Waals surface area contributed by atoms with Crippen molar-refractivity contribution < 1.29 is 98.9 Å². The van der Waals surface area contributed by atoms with Crippen LogP contribution in [0.1, 0.15) is 34.6 Å². The predicted octanol–water partition coefficient (Wildman–Crippen LogP) is -3.72. The second-order valence-electron chi connectivity index (χ2n) is 3.87. The second kappa shape index (κ2) is 44.9. The number of hydrogen-bond donors (Lipinski definition) is 6. The van der Waals surface area contributed by atoms with E-state index in [1.165, 1.54) is 0 Å². The van der Waals surface area contributed by atoms with Gasteiger partial charge in [-0.05, 0) is 13.8 Å². The van der Waals surface area contributed by atoms with E-state index in [-0.39, 0.29) is 49.4 Å². The molecular formula is C14H31EuN3O10. The van der Waals surface area contributed by atoms with Gasteiger partial charge in [0.05, 0.1) is 0 Å². The van der Waals surface area contributed by atoms with Crippen LogP contribution in [-0.4, -0.2) is 71.3 Å². The van der Waals surface area contributed by atoms with Crippen molar-refractivity contribution in [3.05, 3.63) is 0 Å². The summed E-state index contributed by atoms with van der Waals surface area (Å²) < 4.78 is 0. The van der Waals surface area contributed by atoms with Crippen molar-refractivity contribution in [2.45, 2.75) is 34.6 Å². The average Bonchev–Trinajstić information content (AvgIpc) is 2.35. The Morgan fingerprint density at radius 2 is 0.786 bits per heavy atom. The van der Waals surface area contributed by atoms with Gasteiger partial charge in [0.1, 0.15) is 0 Å². The van der Waals surface area contributed by atoms with E-state index in [1.807, 2.05) is 0 Å². The zero-order valence-corrected chi connectivity index (χ0v) is 19.0. The number of carbonyl (C=O) groups is 5. The van der Waals surface area contributed by atoms with E-state index in [9.17, 15) is 0 Å². The predicted molar refractivity (Wildman–Crippen MR) is 92.3 cm³/mol. The Morgan fingerprint density at radius 1 is 0.679 bits per heavy atom. The number of rotatable bonds is 4. The minimum absolute atomic E-state index is 0. The third-order valence-electron chi connectivity index (χ3n) is 0.642. The van der Waals surface area contributed by atoms with E-state index >= 15 is 0 Å². The van der Waals surface area contributed by atoms with Gasteiger partial charge in [-0.2, -0.15) is 0 Å². The van der Waals surface area contributed by atoms with E-state index in [2.05, 4.69) is 5.32 Å². The Hall–Kier alpha value is -1.19. The van der Waals surface area contributed by atoms with E-state index < -0.39 is 29.8 Å². The van der Waals surface area contributed by atoms with E-state index in [4.69, 9.17) is 61.0 Å². The molecule has 28 heavy (non-hydrogen) atoms. The van der Waals surface area contributed by atoms with Crippen LogP contribution >= 0.6 is 0 Å². The SMILES string of the molecule is CC(=O)O.CC(=O)O.CC(=O)O.CC(=O)[O-].CC(=O)[O-].NCCNCCN.[Eu+2]. The van der Waals surface area contributed by atoms with Gasteiger partial charge in [-0.15, -0.1) is 0 Å². The first-order valence-electron chi connectivity index (χ1n) is 7.12. The van der Waals surface area contributed by atoms with Gasteiger partial charge in [-0.1, -0.05) is 0 Å². The number of nitrogens with two attached hydrogens (primary N) is 2. The number of carboxylic acids is 5. The van der Waals surface area contributed by atoms with Gasteiger partial charge in [0.15, 0.2) is 0 Å². The first kappa shape index (κ1) is 45.5. The van der Waals surface area contributed by atoms with Crippen LogP contribution in [0.15, 0.2) is 0 Å². The molecule has 0 bridgehead atoms. The second-order valence-corrected chi connectivity index (χ2v) is 3.87. The Balaban J connectivity index is -0.0000000382. The number of aliphatic carboxylic acids is 5. The van der Waals surface area contributed by atoms with Crippen molar-refractivity contribution in [1.82, 2.24) is 5.32 Å². The van der Waals surface area contributed by atoms with Crippen LogP contribution in [0.25, 0.3) is 0 Å². The molecular weight excluding hydrogens is 522 g/mol. The molecule has 0 aromatic rings. The van der Waals surface area contributed by atoms with Gasteiger partial charge in [0, 0.05) is 58.9 Å². The average molecular weight is 553 g/mol. The maximum Gasteiger partial charge on any atom is 2.00 e. The smallest absolute Gasteiger partial charge is 0.550 e. The minimum atomic E-state index is -1.08. The molecule has 0 saturated heterocycles. The third-order valence-corrected chi connectivity index (χ3v) is 0.642. The summed E-state index contributed by atoms with van der Waals surface area (Å²) in [4.78, 5) is 44.8. The fourth-order valence-electron chi connectivity index (χ4n) is 0.329. The van der Waals surface area contributed by atoms with E-state index in [1.54, 1.807) is 0 Å². The number of hydrogen-bond acceptors (Lipinski definition) is 10. The monoisotopic (exact) mass is 554 g/mol. The van der Waals surface area contributed by atoms with Gasteiger partial charge < -0.3 is 51.9 Å². The molecule has 0 fully saturated rings. The minimum Gasteiger partial charge on any atom is -0.550 e. The Morgan fingerprint density at radius 3 is 0.857 bits per heavy atom. The topological polar surface area (TPSA) is 256 Å². The first-order chi connectivity index (χ1) is 12.1. The standard InChI is InChI=1S/C4H13N3.5C2H4O2.Eu/c5-1-3-7-4-2-6;5*1-2(3)4;/h7H,1-6H2;5*1H3,(H,3,4);/q;;;;;;+2/p-2. The molecule has 0 aliphatic rings. The molecule has 0 aromatic heterocycles. The molecule has 13 nitrogen and oxygen atoms in total. The van der Waals surface area contributed by atoms with Crippen molar-refractivity contribution in [1.29, 1.82) is 0 Å². The van der Waals surface area contributed by atoms with Gasteiger partial charge in [-0.3, -0.25) is 14.4 Å². The summed E-state index contributed by atoms with van der Waals surface area (Å²) in [6.45, 7) is 8.33. The van der Waals surface area contributed by atoms with Crippen LogP contribution in [0.3, 0.4) is 0 Å². The van der Waals surface area contributed by atoms with Crippen LogP contribution in [0.2, 0.25) is 0 Å². The summed E-state index contributed by atoms with van der Waals surface area (Å²) in [7, 11) is 0. The van der Waals surface area contributed by atoms with Crippen molar-refractivity contribution >= 4 is 29.8 Å². The molecule has 0 atom stereocenters. The van der Waals surface area contributed by atoms with Gasteiger partial charge in [0.2, 0.25) is 0 Å². The van der Waals surface area contributed by atoms with E-state index in [0.717, 1.165) is 47.7 Å². The summed E-state index contributed by atoms with van der Waals surface area (Å²) in [5, 5.41) is 43.1. The summed E-state index contributed by atoms with van der Waals surface area (Å²) >= 11 is 0. The molecule has 0 spiro atoms. The third kappa shape index (κ3) is 1780. The van der Waals surface area contributed by atoms with Gasteiger partial charge >= 0.3 is 49.4 Å². The maximum absolute atomic E-state index is 9.00. The molecule has 0 aliphatic carbocycles. The molecule has 0 amide bonds. The Labute approximate surface area is 205 Å². The van der Waals surface area contributed by atoms with Crippen LogP contribution in [0.4, 0.5) is 0 Å². The zero-order chi connectivity index (χ0) is 23.4. The van der Waals surface area contributed by atoms with Crippen molar-refractivity contribution in [3.8, 4) is 0 Å². The molecule has 169 valence electrons. The summed E-state index contributed by atoms with van der Waals surface area (Å²) in [5.41, 5.74) is 10.3. The number of nitrogens with one attached hydrogen (secondary N) is 1. The molecule has 0 rings (SSSR count). The maximum atomic E-state index is 9.00. The molecule has 0 aromatic carbocycles. The normalized spacial score (nSPS) is 6.82. The van der Waals surface area contributed by atoms with Crippen molar-refractivity contribution in [2.24, 2.45) is 11.5 Å². The largest absolute Gasteiger partial charge is 2.00 e. The van der Waals surface area contributed by atoms with Crippen molar-refractivity contribution in [3.63, 3.8) is 0 Å². The number of carbonyl (C=O) groups excluding carboxylic acids is 2. The Bertz CT molecular complexity index is 289. The molecule has 0 unspecified atom stereocenters. The zero-order valence-electron chi connectivity index (χ0n) is 16.6. The summed E-state index contributed by atoms with van der Waals surface area (Å²) in [6, 6.07) is 0. The summed E-state index contributed by atoms with van der Waals surface area (Å²) in [5.74, 6) is -4.67. The van der Waals surface area contributed by atoms with Crippen LogP contribution < -0.4 is 27.0 Å². The number of carboxylic acid groups (broad SMARTS) is 5. The molecule has 8 N–H and O–H groups in total. The molecule has 0 heterocycles. The first-order valence-corrected chi connectivity index (χ1v) is 7.12. The van der Waals surface area contributed by atoms with Crippen molar-refractivity contribution in [2.75, 3.05) is 26.2 Å². The summed E-state index contributed by atoms with van der Waals surface area (Å²) in [6.07, 6.45) is 0. The van der Waals surface area contributed by atoms with Crippen LogP contribution in [0, 0.1) is 49.4 Å². The fourth-order valence-corrected chi connectivity index (χ4v) is 0.329.